The van der Waals surface area contributed by atoms with E-state index >= 15 is 0 Å². The minimum absolute atomic E-state index is 0.112. The van der Waals surface area contributed by atoms with Crippen molar-refractivity contribution < 1.29 is 14.4 Å². The van der Waals surface area contributed by atoms with Crippen molar-refractivity contribution in [2.75, 3.05) is 19.7 Å². The van der Waals surface area contributed by atoms with Gasteiger partial charge in [-0.1, -0.05) is 0 Å². The third-order valence-corrected chi connectivity index (χ3v) is 3.06. The van der Waals surface area contributed by atoms with E-state index in [1.54, 1.807) is 18.5 Å². The number of hydrogen-bond donors (Lipinski definition) is 1. The molecule has 0 saturated carbocycles. The zero-order valence-corrected chi connectivity index (χ0v) is 11.3. The Morgan fingerprint density at radius 2 is 2.37 bits per heavy atom. The van der Waals surface area contributed by atoms with Crippen molar-refractivity contribution in [1.82, 2.24) is 14.9 Å². The van der Waals surface area contributed by atoms with Gasteiger partial charge in [0.05, 0.1) is 6.10 Å². The van der Waals surface area contributed by atoms with Crippen LogP contribution in [0, 0.1) is 17.0 Å². The monoisotopic (exact) mass is 270 g/mol. The SMILES string of the molecule is Cc1nc([N+](=O)[O-])c(OCC2CNCC(C)O2)n1C. The molecule has 8 nitrogen and oxygen atoms in total. The van der Waals surface area contributed by atoms with E-state index in [4.69, 9.17) is 9.47 Å². The fourth-order valence-electron chi connectivity index (χ4n) is 2.00. The van der Waals surface area contributed by atoms with Crippen LogP contribution in [0.5, 0.6) is 5.88 Å². The van der Waals surface area contributed by atoms with E-state index in [0.29, 0.717) is 12.4 Å². The summed E-state index contributed by atoms with van der Waals surface area (Å²) in [4.78, 5) is 14.2. The van der Waals surface area contributed by atoms with Gasteiger partial charge in [0, 0.05) is 27.1 Å². The highest BCUT2D eigenvalue weighted by Crippen LogP contribution is 2.26. The maximum Gasteiger partial charge on any atom is 0.426 e. The van der Waals surface area contributed by atoms with E-state index < -0.39 is 4.92 Å². The van der Waals surface area contributed by atoms with Gasteiger partial charge in [-0.05, 0) is 16.8 Å². The fourth-order valence-corrected chi connectivity index (χ4v) is 2.00. The average Bonchev–Trinajstić information content (AvgIpc) is 2.64. The lowest BCUT2D eigenvalue weighted by Gasteiger charge is -2.28. The van der Waals surface area contributed by atoms with Crippen molar-refractivity contribution in [3.63, 3.8) is 0 Å². The number of ether oxygens (including phenoxy) is 2. The smallest absolute Gasteiger partial charge is 0.426 e. The molecule has 8 heteroatoms. The first kappa shape index (κ1) is 13.8. The Morgan fingerprint density at radius 1 is 1.63 bits per heavy atom. The van der Waals surface area contributed by atoms with E-state index in [2.05, 4.69) is 10.3 Å². The van der Waals surface area contributed by atoms with Crippen molar-refractivity contribution in [2.45, 2.75) is 26.1 Å². The minimum atomic E-state index is -0.537. The minimum Gasteiger partial charge on any atom is -0.470 e. The number of rotatable bonds is 4. The standard InChI is InChI=1S/C11H18N4O4/c1-7-4-12-5-9(19-7)6-18-11-10(15(16)17)13-8(2)14(11)3/h7,9,12H,4-6H2,1-3H3. The predicted octanol–water partition coefficient (Wildman–Crippen LogP) is 0.392. The quantitative estimate of drug-likeness (QED) is 0.628. The summed E-state index contributed by atoms with van der Waals surface area (Å²) in [6.07, 6.45) is 0.00386. The Labute approximate surface area is 110 Å². The molecule has 1 aliphatic rings. The number of nitro groups is 1. The zero-order chi connectivity index (χ0) is 14.0. The van der Waals surface area contributed by atoms with Crippen molar-refractivity contribution in [3.8, 4) is 5.88 Å². The van der Waals surface area contributed by atoms with Gasteiger partial charge in [0.2, 0.25) is 5.82 Å². The first-order valence-corrected chi connectivity index (χ1v) is 6.15. The van der Waals surface area contributed by atoms with Crippen LogP contribution in [0.4, 0.5) is 5.82 Å². The average molecular weight is 270 g/mol. The third kappa shape index (κ3) is 3.02. The second-order valence-electron chi connectivity index (χ2n) is 4.64. The molecule has 1 aliphatic heterocycles. The van der Waals surface area contributed by atoms with E-state index in [0.717, 1.165) is 6.54 Å². The number of nitrogens with one attached hydrogen (secondary N) is 1. The fraction of sp³-hybridized carbons (Fsp3) is 0.727. The van der Waals surface area contributed by atoms with Crippen LogP contribution in [0.3, 0.4) is 0 Å². The summed E-state index contributed by atoms with van der Waals surface area (Å²) in [6.45, 7) is 5.41. The number of aryl methyl sites for hydroxylation is 1. The van der Waals surface area contributed by atoms with Gasteiger partial charge >= 0.3 is 5.82 Å². The van der Waals surface area contributed by atoms with E-state index in [1.165, 1.54) is 0 Å². The van der Waals surface area contributed by atoms with Gasteiger partial charge in [-0.3, -0.25) is 4.57 Å². The highest BCUT2D eigenvalue weighted by atomic mass is 16.6. The van der Waals surface area contributed by atoms with Crippen LogP contribution in [0.15, 0.2) is 0 Å². The highest BCUT2D eigenvalue weighted by molar-refractivity contribution is 5.36. The molecule has 2 rings (SSSR count). The highest BCUT2D eigenvalue weighted by Gasteiger charge is 2.27. The van der Waals surface area contributed by atoms with Gasteiger partial charge in [0.1, 0.15) is 12.7 Å². The summed E-state index contributed by atoms with van der Waals surface area (Å²) in [5.41, 5.74) is 0. The number of morpholine rings is 1. The molecular formula is C11H18N4O4. The van der Waals surface area contributed by atoms with Crippen LogP contribution in [-0.2, 0) is 11.8 Å². The van der Waals surface area contributed by atoms with Crippen LogP contribution < -0.4 is 10.1 Å². The number of hydrogen-bond acceptors (Lipinski definition) is 6. The van der Waals surface area contributed by atoms with Gasteiger partial charge in [-0.15, -0.1) is 0 Å². The molecule has 0 spiro atoms. The summed E-state index contributed by atoms with van der Waals surface area (Å²) < 4.78 is 12.8. The van der Waals surface area contributed by atoms with Crippen molar-refractivity contribution in [2.24, 2.45) is 7.05 Å². The number of imidazole rings is 1. The largest absolute Gasteiger partial charge is 0.470 e. The van der Waals surface area contributed by atoms with E-state index in [-0.39, 0.29) is 30.5 Å². The van der Waals surface area contributed by atoms with E-state index in [9.17, 15) is 10.1 Å². The lowest BCUT2D eigenvalue weighted by Crippen LogP contribution is -2.46. The first-order valence-electron chi connectivity index (χ1n) is 6.15. The molecule has 1 fully saturated rings. The molecular weight excluding hydrogens is 252 g/mol. The molecule has 1 aromatic heterocycles. The molecule has 0 aliphatic carbocycles. The Balaban J connectivity index is 2.04. The molecule has 0 aromatic carbocycles. The predicted molar refractivity (Wildman–Crippen MR) is 67.3 cm³/mol. The van der Waals surface area contributed by atoms with Gasteiger partial charge in [-0.2, -0.15) is 0 Å². The van der Waals surface area contributed by atoms with Crippen molar-refractivity contribution in [1.29, 1.82) is 0 Å². The lowest BCUT2D eigenvalue weighted by atomic mass is 10.2. The summed E-state index contributed by atoms with van der Waals surface area (Å²) in [5.74, 6) is 0.457. The second kappa shape index (κ2) is 5.54. The molecule has 106 valence electrons. The molecule has 1 saturated heterocycles. The third-order valence-electron chi connectivity index (χ3n) is 3.06. The molecule has 19 heavy (non-hydrogen) atoms. The van der Waals surface area contributed by atoms with Crippen LogP contribution in [0.1, 0.15) is 12.7 Å². The van der Waals surface area contributed by atoms with Crippen LogP contribution >= 0.6 is 0 Å². The van der Waals surface area contributed by atoms with Crippen LogP contribution in [0.2, 0.25) is 0 Å². The van der Waals surface area contributed by atoms with Gasteiger partial charge in [0.25, 0.3) is 5.88 Å². The normalized spacial score (nSPS) is 23.3. The summed E-state index contributed by atoms with van der Waals surface area (Å²) in [6, 6.07) is 0. The number of aromatic nitrogens is 2. The Kier molecular flexibility index (Phi) is 4.01. The molecule has 1 N–H and O–H groups in total. The Hall–Kier alpha value is -1.67. The molecule has 2 heterocycles. The zero-order valence-electron chi connectivity index (χ0n) is 11.3. The second-order valence-corrected chi connectivity index (χ2v) is 4.64. The molecule has 0 amide bonds. The topological polar surface area (TPSA) is 91.5 Å². The molecule has 2 atom stereocenters. The maximum absolute atomic E-state index is 10.9. The van der Waals surface area contributed by atoms with Crippen LogP contribution in [-0.4, -0.2) is 46.4 Å². The molecule has 2 unspecified atom stereocenters. The first-order chi connectivity index (χ1) is 8.99. The molecule has 0 radical (unpaired) electrons. The molecule has 1 aromatic rings. The summed E-state index contributed by atoms with van der Waals surface area (Å²) >= 11 is 0. The number of nitrogens with zero attached hydrogens (tertiary/aromatic N) is 3. The van der Waals surface area contributed by atoms with Crippen molar-refractivity contribution >= 4 is 5.82 Å². The maximum atomic E-state index is 10.9. The van der Waals surface area contributed by atoms with Crippen LogP contribution in [0.25, 0.3) is 0 Å². The van der Waals surface area contributed by atoms with Gasteiger partial charge in [-0.25, -0.2) is 0 Å². The Morgan fingerprint density at radius 3 is 3.00 bits per heavy atom. The Bertz CT molecular complexity index is 474. The summed E-state index contributed by atoms with van der Waals surface area (Å²) in [7, 11) is 1.69. The molecule has 0 bridgehead atoms. The summed E-state index contributed by atoms with van der Waals surface area (Å²) in [5, 5.41) is 14.1. The van der Waals surface area contributed by atoms with Crippen molar-refractivity contribution in [3.05, 3.63) is 15.9 Å². The van der Waals surface area contributed by atoms with Gasteiger partial charge in [0.15, 0.2) is 0 Å². The van der Waals surface area contributed by atoms with Gasteiger partial charge < -0.3 is 24.9 Å². The lowest BCUT2D eigenvalue weighted by molar-refractivity contribution is -0.390. The van der Waals surface area contributed by atoms with E-state index in [1.807, 2.05) is 6.92 Å².